The fraction of sp³-hybridized carbons (Fsp3) is 0.444. The van der Waals surface area contributed by atoms with Crippen LogP contribution in [0.25, 0.3) is 0 Å². The van der Waals surface area contributed by atoms with Gasteiger partial charge in [0.15, 0.2) is 6.39 Å². The number of hydrogen-bond donors (Lipinski definition) is 1. The zero-order valence-electron chi connectivity index (χ0n) is 13.9. The van der Waals surface area contributed by atoms with E-state index in [0.717, 1.165) is 24.3 Å². The Kier molecular flexibility index (Phi) is 5.48. The van der Waals surface area contributed by atoms with E-state index in [2.05, 4.69) is 22.4 Å². The van der Waals surface area contributed by atoms with Crippen LogP contribution in [0, 0.1) is 6.92 Å². The summed E-state index contributed by atoms with van der Waals surface area (Å²) in [5.74, 6) is 0.734. The summed E-state index contributed by atoms with van der Waals surface area (Å²) in [6.07, 6.45) is 3.35. The second-order valence-electron chi connectivity index (χ2n) is 5.98. The summed E-state index contributed by atoms with van der Waals surface area (Å²) in [7, 11) is 0. The zero-order valence-corrected chi connectivity index (χ0v) is 13.9. The molecule has 1 saturated heterocycles. The van der Waals surface area contributed by atoms with Gasteiger partial charge in [0, 0.05) is 13.1 Å². The molecule has 0 bridgehead atoms. The standard InChI is InChI=1S/C18H23N3O3/c1-14-17(20-13-24-14)11-19-18(22)21-9-10-23-16(12-21)8-7-15-5-3-2-4-6-15/h2-6,13,16H,7-12H2,1H3,(H,19,22). The van der Waals surface area contributed by atoms with Crippen molar-refractivity contribution in [3.8, 4) is 0 Å². The maximum atomic E-state index is 12.3. The predicted octanol–water partition coefficient (Wildman–Crippen LogP) is 2.53. The van der Waals surface area contributed by atoms with Crippen molar-refractivity contribution in [3.05, 3.63) is 53.7 Å². The molecule has 6 nitrogen and oxygen atoms in total. The molecule has 6 heteroatoms. The van der Waals surface area contributed by atoms with Crippen LogP contribution < -0.4 is 5.32 Å². The molecule has 1 aromatic carbocycles. The Morgan fingerprint density at radius 2 is 2.21 bits per heavy atom. The lowest BCUT2D eigenvalue weighted by Gasteiger charge is -2.33. The number of benzene rings is 1. The summed E-state index contributed by atoms with van der Waals surface area (Å²) in [6, 6.07) is 10.3. The summed E-state index contributed by atoms with van der Waals surface area (Å²) < 4.78 is 10.9. The summed E-state index contributed by atoms with van der Waals surface area (Å²) in [6.45, 7) is 4.04. The first-order chi connectivity index (χ1) is 11.7. The van der Waals surface area contributed by atoms with Crippen molar-refractivity contribution in [1.29, 1.82) is 0 Å². The van der Waals surface area contributed by atoms with Crippen LogP contribution in [0.15, 0.2) is 41.1 Å². The van der Waals surface area contributed by atoms with Crippen molar-refractivity contribution in [2.24, 2.45) is 0 Å². The molecule has 0 radical (unpaired) electrons. The third-order valence-electron chi connectivity index (χ3n) is 4.28. The van der Waals surface area contributed by atoms with Crippen LogP contribution in [-0.4, -0.2) is 41.7 Å². The van der Waals surface area contributed by atoms with E-state index in [4.69, 9.17) is 9.15 Å². The van der Waals surface area contributed by atoms with Crippen LogP contribution in [-0.2, 0) is 17.7 Å². The van der Waals surface area contributed by atoms with Crippen LogP contribution >= 0.6 is 0 Å². The average Bonchev–Trinajstić information content (AvgIpc) is 3.04. The summed E-state index contributed by atoms with van der Waals surface area (Å²) in [5, 5.41) is 2.90. The molecule has 1 aromatic heterocycles. The summed E-state index contributed by atoms with van der Waals surface area (Å²) in [5.41, 5.74) is 2.06. The van der Waals surface area contributed by atoms with Gasteiger partial charge in [0.1, 0.15) is 11.5 Å². The molecule has 1 unspecified atom stereocenters. The van der Waals surface area contributed by atoms with Crippen LogP contribution in [0.2, 0.25) is 0 Å². The number of nitrogens with zero attached hydrogens (tertiary/aromatic N) is 2. The molecule has 2 heterocycles. The zero-order chi connectivity index (χ0) is 16.8. The Hall–Kier alpha value is -2.34. The molecule has 1 aliphatic rings. The smallest absolute Gasteiger partial charge is 0.317 e. The van der Waals surface area contributed by atoms with Crippen molar-refractivity contribution in [2.45, 2.75) is 32.4 Å². The van der Waals surface area contributed by atoms with E-state index in [1.165, 1.54) is 12.0 Å². The lowest BCUT2D eigenvalue weighted by Crippen LogP contribution is -2.49. The number of aryl methyl sites for hydroxylation is 2. The molecule has 0 aliphatic carbocycles. The van der Waals surface area contributed by atoms with E-state index in [9.17, 15) is 4.79 Å². The SMILES string of the molecule is Cc1ocnc1CNC(=O)N1CCOC(CCc2ccccc2)C1. The van der Waals surface area contributed by atoms with Crippen molar-refractivity contribution < 1.29 is 13.9 Å². The fourth-order valence-electron chi connectivity index (χ4n) is 2.82. The highest BCUT2D eigenvalue weighted by Gasteiger charge is 2.24. The Morgan fingerprint density at radius 3 is 2.96 bits per heavy atom. The Bertz CT molecular complexity index is 657. The third kappa shape index (κ3) is 4.35. The highest BCUT2D eigenvalue weighted by atomic mass is 16.5. The number of carbonyl (C=O) groups excluding carboxylic acids is 1. The van der Waals surface area contributed by atoms with Gasteiger partial charge < -0.3 is 19.4 Å². The lowest BCUT2D eigenvalue weighted by atomic mass is 10.1. The van der Waals surface area contributed by atoms with Gasteiger partial charge in [0.25, 0.3) is 0 Å². The minimum Gasteiger partial charge on any atom is -0.448 e. The van der Waals surface area contributed by atoms with E-state index >= 15 is 0 Å². The molecule has 1 fully saturated rings. The summed E-state index contributed by atoms with van der Waals surface area (Å²) in [4.78, 5) is 18.2. The number of nitrogens with one attached hydrogen (secondary N) is 1. The molecule has 1 aliphatic heterocycles. The Labute approximate surface area is 141 Å². The number of ether oxygens (including phenoxy) is 1. The third-order valence-corrected chi connectivity index (χ3v) is 4.28. The maximum Gasteiger partial charge on any atom is 0.317 e. The van der Waals surface area contributed by atoms with E-state index in [1.54, 1.807) is 0 Å². The predicted molar refractivity (Wildman–Crippen MR) is 89.6 cm³/mol. The van der Waals surface area contributed by atoms with Crippen LogP contribution in [0.3, 0.4) is 0 Å². The van der Waals surface area contributed by atoms with Gasteiger partial charge in [-0.3, -0.25) is 0 Å². The molecule has 24 heavy (non-hydrogen) atoms. The molecule has 1 N–H and O–H groups in total. The Morgan fingerprint density at radius 1 is 1.38 bits per heavy atom. The molecule has 128 valence electrons. The first kappa shape index (κ1) is 16.5. The van der Waals surface area contributed by atoms with Crippen molar-refractivity contribution in [3.63, 3.8) is 0 Å². The van der Waals surface area contributed by atoms with Gasteiger partial charge in [0.2, 0.25) is 0 Å². The van der Waals surface area contributed by atoms with Gasteiger partial charge in [-0.2, -0.15) is 0 Å². The first-order valence-corrected chi connectivity index (χ1v) is 8.29. The number of hydrogen-bond acceptors (Lipinski definition) is 4. The van der Waals surface area contributed by atoms with E-state index in [1.807, 2.05) is 30.0 Å². The largest absolute Gasteiger partial charge is 0.448 e. The highest BCUT2D eigenvalue weighted by Crippen LogP contribution is 2.13. The van der Waals surface area contributed by atoms with Crippen molar-refractivity contribution in [2.75, 3.05) is 19.7 Å². The Balaban J connectivity index is 1.46. The van der Waals surface area contributed by atoms with Crippen LogP contribution in [0.4, 0.5) is 4.79 Å². The topological polar surface area (TPSA) is 67.6 Å². The molecular weight excluding hydrogens is 306 g/mol. The first-order valence-electron chi connectivity index (χ1n) is 8.29. The van der Waals surface area contributed by atoms with Crippen LogP contribution in [0.5, 0.6) is 0 Å². The molecule has 0 saturated carbocycles. The molecule has 3 rings (SSSR count). The molecule has 2 amide bonds. The minimum atomic E-state index is -0.0783. The second kappa shape index (κ2) is 7.97. The number of oxazole rings is 1. The van der Waals surface area contributed by atoms with Crippen molar-refractivity contribution in [1.82, 2.24) is 15.2 Å². The quantitative estimate of drug-likeness (QED) is 0.915. The van der Waals surface area contributed by atoms with Crippen molar-refractivity contribution >= 4 is 6.03 Å². The van der Waals surface area contributed by atoms with Crippen LogP contribution in [0.1, 0.15) is 23.4 Å². The van der Waals surface area contributed by atoms with Gasteiger partial charge in [-0.25, -0.2) is 9.78 Å². The number of aromatic nitrogens is 1. The monoisotopic (exact) mass is 329 g/mol. The second-order valence-corrected chi connectivity index (χ2v) is 5.98. The summed E-state index contributed by atoms with van der Waals surface area (Å²) >= 11 is 0. The van der Waals surface area contributed by atoms with E-state index in [0.29, 0.717) is 26.2 Å². The molecule has 0 spiro atoms. The highest BCUT2D eigenvalue weighted by molar-refractivity contribution is 5.74. The van der Waals surface area contributed by atoms with Gasteiger partial charge >= 0.3 is 6.03 Å². The van der Waals surface area contributed by atoms with Gasteiger partial charge in [-0.1, -0.05) is 30.3 Å². The number of urea groups is 1. The fourth-order valence-corrected chi connectivity index (χ4v) is 2.82. The molecular formula is C18H23N3O3. The minimum absolute atomic E-state index is 0.0783. The number of amides is 2. The number of carbonyl (C=O) groups is 1. The van der Waals surface area contributed by atoms with E-state index < -0.39 is 0 Å². The normalized spacial score (nSPS) is 17.7. The molecule has 2 aromatic rings. The molecule has 1 atom stereocenters. The van der Waals surface area contributed by atoms with Gasteiger partial charge in [0.05, 0.1) is 19.3 Å². The number of morpholine rings is 1. The van der Waals surface area contributed by atoms with Gasteiger partial charge in [-0.15, -0.1) is 0 Å². The van der Waals surface area contributed by atoms with E-state index in [-0.39, 0.29) is 12.1 Å². The maximum absolute atomic E-state index is 12.3. The lowest BCUT2D eigenvalue weighted by molar-refractivity contribution is -0.0176. The number of rotatable bonds is 5. The average molecular weight is 329 g/mol. The van der Waals surface area contributed by atoms with Gasteiger partial charge in [-0.05, 0) is 25.3 Å².